The molecular formula is C11H7Cl3N2O3S. The van der Waals surface area contributed by atoms with E-state index in [2.05, 4.69) is 9.71 Å². The van der Waals surface area contributed by atoms with Gasteiger partial charge in [0.1, 0.15) is 4.90 Å². The smallest absolute Gasteiger partial charge is 0.263 e. The van der Waals surface area contributed by atoms with Gasteiger partial charge in [-0.3, -0.25) is 9.52 Å². The monoisotopic (exact) mass is 352 g/mol. The van der Waals surface area contributed by atoms with Gasteiger partial charge in [0, 0.05) is 17.3 Å². The van der Waals surface area contributed by atoms with Crippen molar-refractivity contribution in [3.63, 3.8) is 0 Å². The molecule has 0 radical (unpaired) electrons. The number of hydrogen-bond donors (Lipinski definition) is 2. The SMILES string of the molecule is O=c1ccc(S(=O)(=O)Nc2c(Cl)cc(Cl)cc2Cl)c[nH]1. The number of hydrogen-bond acceptors (Lipinski definition) is 3. The molecule has 0 amide bonds. The fraction of sp³-hybridized carbons (Fsp3) is 0. The summed E-state index contributed by atoms with van der Waals surface area (Å²) in [7, 11) is -3.92. The highest BCUT2D eigenvalue weighted by Gasteiger charge is 2.18. The van der Waals surface area contributed by atoms with Gasteiger partial charge in [-0.1, -0.05) is 34.8 Å². The molecule has 2 N–H and O–H groups in total. The van der Waals surface area contributed by atoms with Crippen LogP contribution in [-0.4, -0.2) is 13.4 Å². The summed E-state index contributed by atoms with van der Waals surface area (Å²) in [6.07, 6.45) is 1.07. The van der Waals surface area contributed by atoms with Crippen LogP contribution in [0.25, 0.3) is 0 Å². The Balaban J connectivity index is 2.43. The van der Waals surface area contributed by atoms with Crippen molar-refractivity contribution >= 4 is 50.5 Å². The average Bonchev–Trinajstić information content (AvgIpc) is 2.34. The van der Waals surface area contributed by atoms with Crippen molar-refractivity contribution in [1.29, 1.82) is 0 Å². The minimum Gasteiger partial charge on any atom is -0.328 e. The summed E-state index contributed by atoms with van der Waals surface area (Å²) >= 11 is 17.5. The molecule has 0 atom stereocenters. The largest absolute Gasteiger partial charge is 0.328 e. The molecule has 0 aliphatic carbocycles. The molecule has 2 rings (SSSR count). The van der Waals surface area contributed by atoms with Gasteiger partial charge in [-0.2, -0.15) is 0 Å². The fourth-order valence-corrected chi connectivity index (χ4v) is 3.49. The Bertz CT molecular complexity index is 774. The first-order chi connectivity index (χ1) is 9.29. The van der Waals surface area contributed by atoms with Crippen LogP contribution in [0.3, 0.4) is 0 Å². The lowest BCUT2D eigenvalue weighted by Gasteiger charge is -2.11. The molecule has 9 heteroatoms. The minimum atomic E-state index is -3.92. The molecule has 1 heterocycles. The van der Waals surface area contributed by atoms with Gasteiger partial charge in [0.25, 0.3) is 10.0 Å². The van der Waals surface area contributed by atoms with E-state index >= 15 is 0 Å². The molecule has 1 aromatic heterocycles. The van der Waals surface area contributed by atoms with Crippen molar-refractivity contribution in [2.75, 3.05) is 4.72 Å². The number of anilines is 1. The van der Waals surface area contributed by atoms with E-state index in [1.807, 2.05) is 0 Å². The van der Waals surface area contributed by atoms with Gasteiger partial charge >= 0.3 is 0 Å². The van der Waals surface area contributed by atoms with Crippen LogP contribution in [0.2, 0.25) is 15.1 Å². The Kier molecular flexibility index (Phi) is 4.29. The zero-order valence-electron chi connectivity index (χ0n) is 9.65. The van der Waals surface area contributed by atoms with E-state index in [4.69, 9.17) is 34.8 Å². The minimum absolute atomic E-state index is 0.0175. The zero-order chi connectivity index (χ0) is 14.9. The van der Waals surface area contributed by atoms with Crippen molar-refractivity contribution in [3.8, 4) is 0 Å². The van der Waals surface area contributed by atoms with Crippen molar-refractivity contribution in [1.82, 2.24) is 4.98 Å². The third-order valence-corrected chi connectivity index (χ3v) is 4.47. The highest BCUT2D eigenvalue weighted by molar-refractivity contribution is 7.92. The summed E-state index contributed by atoms with van der Waals surface area (Å²) in [5.41, 5.74) is -0.393. The molecule has 20 heavy (non-hydrogen) atoms. The summed E-state index contributed by atoms with van der Waals surface area (Å²) in [6, 6.07) is 4.98. The first kappa shape index (κ1) is 15.2. The van der Waals surface area contributed by atoms with Crippen LogP contribution in [0, 0.1) is 0 Å². The topological polar surface area (TPSA) is 79.0 Å². The molecule has 2 aromatic rings. The molecule has 0 fully saturated rings. The van der Waals surface area contributed by atoms with Gasteiger partial charge < -0.3 is 4.98 Å². The number of aromatic amines is 1. The molecular weight excluding hydrogens is 347 g/mol. The lowest BCUT2D eigenvalue weighted by molar-refractivity contribution is 0.600. The Hall–Kier alpha value is -1.21. The zero-order valence-corrected chi connectivity index (χ0v) is 12.7. The Morgan fingerprint density at radius 3 is 2.15 bits per heavy atom. The van der Waals surface area contributed by atoms with Crippen LogP contribution in [0.4, 0.5) is 5.69 Å². The lowest BCUT2D eigenvalue weighted by atomic mass is 10.3. The number of benzene rings is 1. The third kappa shape index (κ3) is 3.27. The second-order valence-electron chi connectivity index (χ2n) is 3.74. The standard InChI is InChI=1S/C11H7Cl3N2O3S/c12-6-3-8(13)11(9(14)4-6)16-20(18,19)7-1-2-10(17)15-5-7/h1-5,16H,(H,15,17). The molecule has 5 nitrogen and oxygen atoms in total. The maximum Gasteiger partial charge on any atom is 0.263 e. The van der Waals surface area contributed by atoms with Crippen LogP contribution in [0.15, 0.2) is 40.2 Å². The average molecular weight is 354 g/mol. The lowest BCUT2D eigenvalue weighted by Crippen LogP contribution is -2.15. The maximum atomic E-state index is 12.1. The summed E-state index contributed by atoms with van der Waals surface area (Å²) < 4.78 is 26.5. The van der Waals surface area contributed by atoms with E-state index in [0.29, 0.717) is 0 Å². The first-order valence-corrected chi connectivity index (χ1v) is 7.77. The van der Waals surface area contributed by atoms with E-state index in [1.165, 1.54) is 18.2 Å². The second-order valence-corrected chi connectivity index (χ2v) is 6.67. The molecule has 0 aliphatic rings. The predicted octanol–water partition coefficient (Wildman–Crippen LogP) is 3.14. The van der Waals surface area contributed by atoms with Crippen molar-refractivity contribution in [2.45, 2.75) is 4.90 Å². The van der Waals surface area contributed by atoms with Crippen LogP contribution in [-0.2, 0) is 10.0 Å². The second kappa shape index (κ2) is 5.65. The summed E-state index contributed by atoms with van der Waals surface area (Å²) in [6.45, 7) is 0. The van der Waals surface area contributed by atoms with E-state index in [9.17, 15) is 13.2 Å². The number of sulfonamides is 1. The van der Waals surface area contributed by atoms with Crippen molar-refractivity contribution in [3.05, 3.63) is 55.9 Å². The van der Waals surface area contributed by atoms with Gasteiger partial charge in [-0.15, -0.1) is 0 Å². The normalized spacial score (nSPS) is 11.3. The molecule has 1 aromatic carbocycles. The molecule has 0 unspecified atom stereocenters. The highest BCUT2D eigenvalue weighted by atomic mass is 35.5. The van der Waals surface area contributed by atoms with Gasteiger partial charge in [-0.05, 0) is 18.2 Å². The molecule has 0 saturated heterocycles. The van der Waals surface area contributed by atoms with Gasteiger partial charge in [0.05, 0.1) is 15.7 Å². The van der Waals surface area contributed by atoms with Crippen LogP contribution >= 0.6 is 34.8 Å². The molecule has 0 spiro atoms. The summed E-state index contributed by atoms with van der Waals surface area (Å²) in [4.78, 5) is 13.1. The van der Waals surface area contributed by atoms with E-state index in [0.717, 1.165) is 12.3 Å². The van der Waals surface area contributed by atoms with Crippen molar-refractivity contribution in [2.24, 2.45) is 0 Å². The van der Waals surface area contributed by atoms with Crippen LogP contribution < -0.4 is 10.3 Å². The Labute approximate surface area is 129 Å². The molecule has 0 aliphatic heterocycles. The van der Waals surface area contributed by atoms with Gasteiger partial charge in [0.2, 0.25) is 5.56 Å². The molecule has 0 saturated carbocycles. The van der Waals surface area contributed by atoms with E-state index in [1.54, 1.807) is 0 Å². The number of nitrogens with one attached hydrogen (secondary N) is 2. The molecule has 0 bridgehead atoms. The third-order valence-electron chi connectivity index (χ3n) is 2.31. The van der Waals surface area contributed by atoms with Crippen LogP contribution in [0.5, 0.6) is 0 Å². The maximum absolute atomic E-state index is 12.1. The van der Waals surface area contributed by atoms with Crippen LogP contribution in [0.1, 0.15) is 0 Å². The highest BCUT2D eigenvalue weighted by Crippen LogP contribution is 2.34. The van der Waals surface area contributed by atoms with E-state index in [-0.39, 0.29) is 25.7 Å². The van der Waals surface area contributed by atoms with E-state index < -0.39 is 15.6 Å². The van der Waals surface area contributed by atoms with Gasteiger partial charge in [0.15, 0.2) is 0 Å². The molecule has 106 valence electrons. The predicted molar refractivity (Wildman–Crippen MR) is 79.3 cm³/mol. The quantitative estimate of drug-likeness (QED) is 0.889. The Morgan fingerprint density at radius 2 is 1.65 bits per heavy atom. The first-order valence-electron chi connectivity index (χ1n) is 5.16. The number of halogens is 3. The number of aromatic nitrogens is 1. The van der Waals surface area contributed by atoms with Gasteiger partial charge in [-0.25, -0.2) is 8.42 Å². The summed E-state index contributed by atoms with van der Waals surface area (Å²) in [5.74, 6) is 0. The van der Waals surface area contributed by atoms with Crippen molar-refractivity contribution < 1.29 is 8.42 Å². The fourth-order valence-electron chi connectivity index (χ4n) is 1.40. The number of H-pyrrole nitrogens is 1. The number of rotatable bonds is 3. The summed E-state index contributed by atoms with van der Waals surface area (Å²) in [5, 5.41) is 0.415. The number of pyridine rings is 1. The Morgan fingerprint density at radius 1 is 1.05 bits per heavy atom.